The zero-order chi connectivity index (χ0) is 17.4. The SMILES string of the molecule is Cc1cccc(NC(=O)N2Cc3c(C4CCCO4)n[nH]c3CC2C)c1. The third kappa shape index (κ3) is 3.14. The number of ether oxygens (including phenoxy) is 1. The lowest BCUT2D eigenvalue weighted by Gasteiger charge is -2.33. The number of nitrogens with one attached hydrogen (secondary N) is 2. The van der Waals surface area contributed by atoms with Crippen molar-refractivity contribution < 1.29 is 9.53 Å². The normalized spacial score (nSPS) is 22.7. The predicted molar refractivity (Wildman–Crippen MR) is 95.4 cm³/mol. The Kier molecular flexibility index (Phi) is 4.21. The van der Waals surface area contributed by atoms with Gasteiger partial charge in [0, 0.05) is 36.0 Å². The van der Waals surface area contributed by atoms with Gasteiger partial charge in [0.2, 0.25) is 0 Å². The molecule has 0 bridgehead atoms. The van der Waals surface area contributed by atoms with E-state index in [0.717, 1.165) is 54.1 Å². The number of H-pyrrole nitrogens is 1. The van der Waals surface area contributed by atoms with Crippen molar-refractivity contribution >= 4 is 11.7 Å². The molecule has 6 heteroatoms. The van der Waals surface area contributed by atoms with Crippen molar-refractivity contribution in [2.24, 2.45) is 0 Å². The first-order valence-electron chi connectivity index (χ1n) is 8.93. The Bertz CT molecular complexity index is 779. The van der Waals surface area contributed by atoms with Crippen LogP contribution in [-0.4, -0.2) is 33.8 Å². The molecule has 0 saturated carbocycles. The highest BCUT2D eigenvalue weighted by molar-refractivity contribution is 5.89. The van der Waals surface area contributed by atoms with Crippen LogP contribution in [0, 0.1) is 6.92 Å². The average Bonchev–Trinajstić information content (AvgIpc) is 3.22. The molecule has 0 radical (unpaired) electrons. The molecule has 1 saturated heterocycles. The number of rotatable bonds is 2. The number of aryl methyl sites for hydroxylation is 1. The highest BCUT2D eigenvalue weighted by Gasteiger charge is 2.33. The monoisotopic (exact) mass is 340 g/mol. The van der Waals surface area contributed by atoms with E-state index in [1.165, 1.54) is 0 Å². The quantitative estimate of drug-likeness (QED) is 0.878. The maximum Gasteiger partial charge on any atom is 0.322 e. The highest BCUT2D eigenvalue weighted by atomic mass is 16.5. The van der Waals surface area contributed by atoms with Crippen LogP contribution in [-0.2, 0) is 17.7 Å². The van der Waals surface area contributed by atoms with E-state index in [2.05, 4.69) is 22.4 Å². The second-order valence-corrected chi connectivity index (χ2v) is 7.05. The Hall–Kier alpha value is -2.34. The van der Waals surface area contributed by atoms with E-state index < -0.39 is 0 Å². The van der Waals surface area contributed by atoms with Crippen LogP contribution in [0.25, 0.3) is 0 Å². The van der Waals surface area contributed by atoms with Crippen LogP contribution >= 0.6 is 0 Å². The lowest BCUT2D eigenvalue weighted by atomic mass is 9.97. The number of aromatic amines is 1. The summed E-state index contributed by atoms with van der Waals surface area (Å²) in [5, 5.41) is 10.7. The smallest absolute Gasteiger partial charge is 0.322 e. The fourth-order valence-corrected chi connectivity index (χ4v) is 3.74. The summed E-state index contributed by atoms with van der Waals surface area (Å²) in [5.74, 6) is 0. The number of hydrogen-bond donors (Lipinski definition) is 2. The third-order valence-electron chi connectivity index (χ3n) is 5.11. The van der Waals surface area contributed by atoms with Gasteiger partial charge in [0.05, 0.1) is 12.2 Å². The summed E-state index contributed by atoms with van der Waals surface area (Å²) in [6.45, 7) is 5.45. The van der Waals surface area contributed by atoms with Crippen LogP contribution in [0.1, 0.15) is 48.4 Å². The van der Waals surface area contributed by atoms with Crippen LogP contribution in [0.4, 0.5) is 10.5 Å². The van der Waals surface area contributed by atoms with Gasteiger partial charge in [0.25, 0.3) is 0 Å². The molecule has 1 aromatic carbocycles. The molecule has 2 aliphatic rings. The minimum absolute atomic E-state index is 0.0649. The summed E-state index contributed by atoms with van der Waals surface area (Å²) < 4.78 is 5.79. The van der Waals surface area contributed by atoms with Crippen LogP contribution in [0.5, 0.6) is 0 Å². The summed E-state index contributed by atoms with van der Waals surface area (Å²) in [7, 11) is 0. The van der Waals surface area contributed by atoms with E-state index in [-0.39, 0.29) is 18.2 Å². The molecule has 6 nitrogen and oxygen atoms in total. The van der Waals surface area contributed by atoms with Gasteiger partial charge < -0.3 is 15.0 Å². The molecule has 2 amide bonds. The molecule has 2 atom stereocenters. The lowest BCUT2D eigenvalue weighted by molar-refractivity contribution is 0.106. The van der Waals surface area contributed by atoms with Crippen LogP contribution in [0.2, 0.25) is 0 Å². The van der Waals surface area contributed by atoms with Crippen molar-refractivity contribution in [2.45, 2.75) is 51.8 Å². The Labute approximate surface area is 147 Å². The molecule has 2 N–H and O–H groups in total. The van der Waals surface area contributed by atoms with Crippen molar-refractivity contribution in [2.75, 3.05) is 11.9 Å². The number of fused-ring (bicyclic) bond motifs is 1. The van der Waals surface area contributed by atoms with Gasteiger partial charge in [-0.15, -0.1) is 0 Å². The topological polar surface area (TPSA) is 70.2 Å². The Morgan fingerprint density at radius 3 is 3.08 bits per heavy atom. The standard InChI is InChI=1S/C19H24N4O2/c1-12-5-3-6-14(9-12)20-19(24)23-11-15-16(10-13(23)2)21-22-18(15)17-7-4-8-25-17/h3,5-6,9,13,17H,4,7-8,10-11H2,1-2H3,(H,20,24)(H,21,22). The van der Waals surface area contributed by atoms with Gasteiger partial charge in [-0.05, 0) is 44.4 Å². The van der Waals surface area contributed by atoms with E-state index in [4.69, 9.17) is 4.74 Å². The van der Waals surface area contributed by atoms with E-state index in [0.29, 0.717) is 6.54 Å². The number of anilines is 1. The summed E-state index contributed by atoms with van der Waals surface area (Å²) in [6.07, 6.45) is 2.92. The summed E-state index contributed by atoms with van der Waals surface area (Å²) in [5.41, 5.74) is 5.20. The Morgan fingerprint density at radius 2 is 2.32 bits per heavy atom. The molecule has 2 aromatic rings. The number of carbonyl (C=O) groups is 1. The minimum atomic E-state index is -0.0664. The molecular formula is C19H24N4O2. The molecule has 2 unspecified atom stereocenters. The zero-order valence-electron chi connectivity index (χ0n) is 14.7. The zero-order valence-corrected chi connectivity index (χ0v) is 14.7. The predicted octanol–water partition coefficient (Wildman–Crippen LogP) is 3.55. The Balaban J connectivity index is 1.53. The molecule has 0 aliphatic carbocycles. The maximum atomic E-state index is 12.8. The fourth-order valence-electron chi connectivity index (χ4n) is 3.74. The molecular weight excluding hydrogens is 316 g/mol. The van der Waals surface area contributed by atoms with E-state index in [1.54, 1.807) is 0 Å². The summed E-state index contributed by atoms with van der Waals surface area (Å²) in [4.78, 5) is 14.7. The first-order chi connectivity index (χ1) is 12.1. The number of urea groups is 1. The maximum absolute atomic E-state index is 12.8. The van der Waals surface area contributed by atoms with E-state index in [1.807, 2.05) is 36.1 Å². The fraction of sp³-hybridized carbons (Fsp3) is 0.474. The van der Waals surface area contributed by atoms with Gasteiger partial charge in [0.15, 0.2) is 0 Å². The van der Waals surface area contributed by atoms with E-state index in [9.17, 15) is 4.79 Å². The van der Waals surface area contributed by atoms with Crippen molar-refractivity contribution in [3.63, 3.8) is 0 Å². The molecule has 1 fully saturated rings. The summed E-state index contributed by atoms with van der Waals surface area (Å²) >= 11 is 0. The Morgan fingerprint density at radius 1 is 1.44 bits per heavy atom. The van der Waals surface area contributed by atoms with Crippen LogP contribution in [0.3, 0.4) is 0 Å². The van der Waals surface area contributed by atoms with Crippen LogP contribution in [0.15, 0.2) is 24.3 Å². The molecule has 0 spiro atoms. The minimum Gasteiger partial charge on any atom is -0.372 e. The first-order valence-corrected chi connectivity index (χ1v) is 8.93. The van der Waals surface area contributed by atoms with Crippen LogP contribution < -0.4 is 5.32 Å². The number of amides is 2. The van der Waals surface area contributed by atoms with Crippen molar-refractivity contribution in [3.05, 3.63) is 46.8 Å². The average molecular weight is 340 g/mol. The van der Waals surface area contributed by atoms with Gasteiger partial charge in [-0.1, -0.05) is 12.1 Å². The third-order valence-corrected chi connectivity index (χ3v) is 5.11. The van der Waals surface area contributed by atoms with Gasteiger partial charge in [-0.3, -0.25) is 5.10 Å². The molecule has 3 heterocycles. The lowest BCUT2D eigenvalue weighted by Crippen LogP contribution is -2.45. The molecule has 25 heavy (non-hydrogen) atoms. The number of nitrogens with zero attached hydrogens (tertiary/aromatic N) is 2. The first kappa shape index (κ1) is 16.1. The number of carbonyl (C=O) groups excluding carboxylic acids is 1. The van der Waals surface area contributed by atoms with Crippen molar-refractivity contribution in [1.82, 2.24) is 15.1 Å². The number of benzene rings is 1. The summed E-state index contributed by atoms with van der Waals surface area (Å²) in [6, 6.07) is 7.92. The number of aromatic nitrogens is 2. The van der Waals surface area contributed by atoms with E-state index >= 15 is 0 Å². The van der Waals surface area contributed by atoms with Gasteiger partial charge in [-0.2, -0.15) is 5.10 Å². The van der Waals surface area contributed by atoms with Crippen molar-refractivity contribution in [1.29, 1.82) is 0 Å². The second kappa shape index (κ2) is 6.52. The second-order valence-electron chi connectivity index (χ2n) is 7.05. The molecule has 1 aromatic heterocycles. The highest BCUT2D eigenvalue weighted by Crippen LogP contribution is 2.34. The number of hydrogen-bond acceptors (Lipinski definition) is 3. The molecule has 2 aliphatic heterocycles. The van der Waals surface area contributed by atoms with Crippen molar-refractivity contribution in [3.8, 4) is 0 Å². The van der Waals surface area contributed by atoms with Gasteiger partial charge in [-0.25, -0.2) is 4.79 Å². The largest absolute Gasteiger partial charge is 0.372 e. The molecule has 132 valence electrons. The van der Waals surface area contributed by atoms with Gasteiger partial charge >= 0.3 is 6.03 Å². The van der Waals surface area contributed by atoms with Gasteiger partial charge in [0.1, 0.15) is 6.10 Å². The molecule has 4 rings (SSSR count).